The molecule has 0 spiro atoms. The molecule has 0 atom stereocenters. The molecule has 1 aromatic heterocycles. The lowest BCUT2D eigenvalue weighted by atomic mass is 10.1. The minimum Gasteiger partial charge on any atom is -0.321 e. The number of rotatable bonds is 2. The second kappa shape index (κ2) is 6.89. The molecule has 4 nitrogen and oxygen atoms in total. The van der Waals surface area contributed by atoms with E-state index in [0.29, 0.717) is 21.8 Å². The van der Waals surface area contributed by atoms with Gasteiger partial charge in [0.25, 0.3) is 5.91 Å². The number of hydrogen-bond donors (Lipinski definition) is 2. The molecule has 1 aromatic carbocycles. The molecule has 0 aliphatic carbocycles. The van der Waals surface area contributed by atoms with Crippen LogP contribution in [0.2, 0.25) is 5.02 Å². The third-order valence-corrected chi connectivity index (χ3v) is 2.95. The maximum Gasteiger partial charge on any atom is 0.255 e. The molecule has 1 heterocycles. The third-order valence-electron chi connectivity index (χ3n) is 2.71. The van der Waals surface area contributed by atoms with Crippen LogP contribution in [0.25, 0.3) is 0 Å². The highest BCUT2D eigenvalue weighted by Gasteiger charge is 2.09. The van der Waals surface area contributed by atoms with Crippen molar-refractivity contribution in [2.24, 2.45) is 5.73 Å². The van der Waals surface area contributed by atoms with Crippen molar-refractivity contribution in [1.82, 2.24) is 4.98 Å². The molecule has 2 rings (SSSR count). The van der Waals surface area contributed by atoms with Gasteiger partial charge in [-0.3, -0.25) is 9.78 Å². The zero-order valence-electron chi connectivity index (χ0n) is 11.5. The van der Waals surface area contributed by atoms with Gasteiger partial charge in [0.05, 0.1) is 12.2 Å². The van der Waals surface area contributed by atoms with Crippen molar-refractivity contribution in [2.75, 3.05) is 11.9 Å². The van der Waals surface area contributed by atoms with Crippen LogP contribution < -0.4 is 11.1 Å². The average molecular weight is 300 g/mol. The third kappa shape index (κ3) is 4.06. The number of pyridine rings is 1. The lowest BCUT2D eigenvalue weighted by Gasteiger charge is -2.08. The zero-order chi connectivity index (χ0) is 15.2. The number of anilines is 1. The summed E-state index contributed by atoms with van der Waals surface area (Å²) in [5.41, 5.74) is 7.90. The van der Waals surface area contributed by atoms with E-state index in [-0.39, 0.29) is 12.5 Å². The fourth-order valence-electron chi connectivity index (χ4n) is 1.76. The Labute approximate surface area is 128 Å². The van der Waals surface area contributed by atoms with Gasteiger partial charge in [0.15, 0.2) is 0 Å². The number of hydrogen-bond acceptors (Lipinski definition) is 3. The first-order chi connectivity index (χ1) is 10.1. The normalized spacial score (nSPS) is 9.67. The lowest BCUT2D eigenvalue weighted by Crippen LogP contribution is -2.13. The smallest absolute Gasteiger partial charge is 0.255 e. The lowest BCUT2D eigenvalue weighted by molar-refractivity contribution is 0.102. The summed E-state index contributed by atoms with van der Waals surface area (Å²) >= 11 is 5.97. The summed E-state index contributed by atoms with van der Waals surface area (Å²) < 4.78 is 0. The fourth-order valence-corrected chi connectivity index (χ4v) is 1.93. The monoisotopic (exact) mass is 299 g/mol. The van der Waals surface area contributed by atoms with Crippen LogP contribution in [0.4, 0.5) is 5.69 Å². The average Bonchev–Trinajstić information content (AvgIpc) is 2.46. The van der Waals surface area contributed by atoms with Crippen LogP contribution in [0.5, 0.6) is 0 Å². The second-order valence-corrected chi connectivity index (χ2v) is 4.77. The van der Waals surface area contributed by atoms with Gasteiger partial charge in [-0.1, -0.05) is 23.4 Å². The Kier molecular flexibility index (Phi) is 4.94. The zero-order valence-corrected chi connectivity index (χ0v) is 12.2. The van der Waals surface area contributed by atoms with Gasteiger partial charge in [0, 0.05) is 28.0 Å². The van der Waals surface area contributed by atoms with Gasteiger partial charge < -0.3 is 11.1 Å². The first-order valence-corrected chi connectivity index (χ1v) is 6.70. The molecule has 0 unspecified atom stereocenters. The van der Waals surface area contributed by atoms with Crippen molar-refractivity contribution >= 4 is 23.2 Å². The number of aryl methyl sites for hydroxylation is 1. The molecular formula is C16H14ClN3O. The molecule has 21 heavy (non-hydrogen) atoms. The summed E-state index contributed by atoms with van der Waals surface area (Å²) in [5, 5.41) is 3.33. The van der Waals surface area contributed by atoms with E-state index in [4.69, 9.17) is 17.3 Å². The van der Waals surface area contributed by atoms with E-state index in [1.54, 1.807) is 36.5 Å². The number of nitrogens with one attached hydrogen (secondary N) is 1. The summed E-state index contributed by atoms with van der Waals surface area (Å²) in [7, 11) is 0. The van der Waals surface area contributed by atoms with Crippen molar-refractivity contribution in [3.63, 3.8) is 0 Å². The molecule has 0 fully saturated rings. The highest BCUT2D eigenvalue weighted by molar-refractivity contribution is 6.31. The number of nitrogens with two attached hydrogens (primary N) is 1. The number of benzene rings is 1. The van der Waals surface area contributed by atoms with Crippen LogP contribution in [-0.2, 0) is 0 Å². The minimum atomic E-state index is -0.237. The first-order valence-electron chi connectivity index (χ1n) is 6.32. The van der Waals surface area contributed by atoms with Crippen LogP contribution in [0, 0.1) is 18.8 Å². The van der Waals surface area contributed by atoms with Crippen molar-refractivity contribution in [3.8, 4) is 11.8 Å². The predicted molar refractivity (Wildman–Crippen MR) is 84.3 cm³/mol. The molecule has 0 saturated heterocycles. The van der Waals surface area contributed by atoms with Crippen LogP contribution in [-0.4, -0.2) is 17.4 Å². The van der Waals surface area contributed by atoms with E-state index in [1.165, 1.54) is 0 Å². The maximum absolute atomic E-state index is 12.2. The number of nitrogens with zero attached hydrogens (tertiary/aromatic N) is 1. The van der Waals surface area contributed by atoms with Crippen LogP contribution >= 0.6 is 11.6 Å². The molecule has 0 aliphatic rings. The van der Waals surface area contributed by atoms with Gasteiger partial charge in [-0.05, 0) is 37.3 Å². The van der Waals surface area contributed by atoms with Crippen molar-refractivity contribution < 1.29 is 4.79 Å². The maximum atomic E-state index is 12.2. The predicted octanol–water partition coefficient (Wildman–Crippen LogP) is 2.61. The second-order valence-electron chi connectivity index (χ2n) is 4.34. The number of aromatic nitrogens is 1. The summed E-state index contributed by atoms with van der Waals surface area (Å²) in [5.74, 6) is 5.43. The highest BCUT2D eigenvalue weighted by Crippen LogP contribution is 2.21. The number of amides is 1. The van der Waals surface area contributed by atoms with Crippen LogP contribution in [0.3, 0.4) is 0 Å². The Hall–Kier alpha value is -2.35. The fraction of sp³-hybridized carbons (Fsp3) is 0.125. The highest BCUT2D eigenvalue weighted by atomic mass is 35.5. The Balaban J connectivity index is 2.30. The van der Waals surface area contributed by atoms with E-state index in [0.717, 1.165) is 5.69 Å². The topological polar surface area (TPSA) is 68.0 Å². The van der Waals surface area contributed by atoms with Gasteiger partial charge >= 0.3 is 0 Å². The minimum absolute atomic E-state index is 0.237. The Morgan fingerprint density at radius 1 is 1.38 bits per heavy atom. The molecule has 0 radical (unpaired) electrons. The first kappa shape index (κ1) is 15.0. The SMILES string of the molecule is Cc1cc(C(=O)Nc2cc(Cl)ccc2C#CCN)ccn1. The molecule has 106 valence electrons. The molecular weight excluding hydrogens is 286 g/mol. The number of carbonyl (C=O) groups is 1. The van der Waals surface area contributed by atoms with E-state index in [1.807, 2.05) is 6.92 Å². The Morgan fingerprint density at radius 3 is 2.90 bits per heavy atom. The molecule has 3 N–H and O–H groups in total. The van der Waals surface area contributed by atoms with E-state index < -0.39 is 0 Å². The Bertz CT molecular complexity index is 732. The van der Waals surface area contributed by atoms with Crippen molar-refractivity contribution in [3.05, 3.63) is 58.4 Å². The van der Waals surface area contributed by atoms with E-state index in [9.17, 15) is 4.79 Å². The van der Waals surface area contributed by atoms with Crippen LogP contribution in [0.1, 0.15) is 21.6 Å². The van der Waals surface area contributed by atoms with Crippen LogP contribution in [0.15, 0.2) is 36.5 Å². The summed E-state index contributed by atoms with van der Waals surface area (Å²) in [6.07, 6.45) is 1.59. The standard InChI is InChI=1S/C16H14ClN3O/c1-11-9-13(6-8-19-11)16(21)20-15-10-14(17)5-4-12(15)3-2-7-18/h4-6,8-10H,7,18H2,1H3,(H,20,21). The van der Waals surface area contributed by atoms with Gasteiger partial charge in [0.1, 0.15) is 0 Å². The van der Waals surface area contributed by atoms with Crippen molar-refractivity contribution in [1.29, 1.82) is 0 Å². The van der Waals surface area contributed by atoms with Gasteiger partial charge in [-0.15, -0.1) is 0 Å². The van der Waals surface area contributed by atoms with E-state index >= 15 is 0 Å². The number of halogens is 1. The summed E-state index contributed by atoms with van der Waals surface area (Å²) in [4.78, 5) is 16.3. The summed E-state index contributed by atoms with van der Waals surface area (Å²) in [6.45, 7) is 2.08. The summed E-state index contributed by atoms with van der Waals surface area (Å²) in [6, 6.07) is 8.49. The molecule has 1 amide bonds. The van der Waals surface area contributed by atoms with Gasteiger partial charge in [-0.25, -0.2) is 0 Å². The molecule has 5 heteroatoms. The quantitative estimate of drug-likeness (QED) is 0.838. The molecule has 0 aliphatic heterocycles. The number of carbonyl (C=O) groups excluding carboxylic acids is 1. The Morgan fingerprint density at radius 2 is 2.19 bits per heavy atom. The molecule has 2 aromatic rings. The molecule has 0 saturated carbocycles. The van der Waals surface area contributed by atoms with Gasteiger partial charge in [-0.2, -0.15) is 0 Å². The largest absolute Gasteiger partial charge is 0.321 e. The van der Waals surface area contributed by atoms with Gasteiger partial charge in [0.2, 0.25) is 0 Å². The van der Waals surface area contributed by atoms with E-state index in [2.05, 4.69) is 22.1 Å². The molecule has 0 bridgehead atoms. The van der Waals surface area contributed by atoms with Crippen molar-refractivity contribution in [2.45, 2.75) is 6.92 Å².